The van der Waals surface area contributed by atoms with Crippen LogP contribution in [0.3, 0.4) is 0 Å². The molecule has 0 saturated carbocycles. The number of fused-ring (bicyclic) bond motifs is 1. The number of nitro groups is 1. The molecule has 0 atom stereocenters. The highest BCUT2D eigenvalue weighted by Gasteiger charge is 2.09. The van der Waals surface area contributed by atoms with E-state index in [1.54, 1.807) is 6.08 Å². The summed E-state index contributed by atoms with van der Waals surface area (Å²) >= 11 is 0. The van der Waals surface area contributed by atoms with E-state index in [9.17, 15) is 14.9 Å². The molecular formula is C12H11N3O3. The van der Waals surface area contributed by atoms with Crippen molar-refractivity contribution >= 4 is 22.7 Å². The van der Waals surface area contributed by atoms with Crippen molar-refractivity contribution in [3.05, 3.63) is 50.1 Å². The molecule has 92 valence electrons. The second kappa shape index (κ2) is 4.40. The van der Waals surface area contributed by atoms with Crippen LogP contribution in [0.5, 0.6) is 0 Å². The summed E-state index contributed by atoms with van der Waals surface area (Å²) < 4.78 is 0. The number of aromatic amines is 1. The third kappa shape index (κ3) is 2.27. The van der Waals surface area contributed by atoms with Crippen LogP contribution in [-0.4, -0.2) is 14.9 Å². The molecule has 0 bridgehead atoms. The lowest BCUT2D eigenvalue weighted by Crippen LogP contribution is -2.10. The number of benzene rings is 1. The van der Waals surface area contributed by atoms with Gasteiger partial charge >= 0.3 is 0 Å². The Morgan fingerprint density at radius 3 is 2.78 bits per heavy atom. The molecule has 2 aromatic rings. The van der Waals surface area contributed by atoms with Gasteiger partial charge in [0.2, 0.25) is 0 Å². The van der Waals surface area contributed by atoms with E-state index in [1.807, 2.05) is 13.8 Å². The maximum atomic E-state index is 11.8. The predicted octanol–water partition coefficient (Wildman–Crippen LogP) is 2.25. The van der Waals surface area contributed by atoms with Gasteiger partial charge in [-0.2, -0.15) is 0 Å². The topological polar surface area (TPSA) is 88.9 Å². The van der Waals surface area contributed by atoms with Gasteiger partial charge in [-0.05, 0) is 26.0 Å². The first-order chi connectivity index (χ1) is 8.47. The monoisotopic (exact) mass is 245 g/mol. The number of hydrogen-bond acceptors (Lipinski definition) is 4. The second-order valence-electron chi connectivity index (χ2n) is 4.13. The number of allylic oxidation sites excluding steroid dienone is 1. The number of H-pyrrole nitrogens is 1. The van der Waals surface area contributed by atoms with E-state index < -0.39 is 4.92 Å². The molecule has 0 fully saturated rings. The van der Waals surface area contributed by atoms with E-state index >= 15 is 0 Å². The fourth-order valence-electron chi connectivity index (χ4n) is 1.60. The van der Waals surface area contributed by atoms with Crippen molar-refractivity contribution in [1.29, 1.82) is 0 Å². The normalized spacial score (nSPS) is 10.3. The lowest BCUT2D eigenvalue weighted by Gasteiger charge is -1.99. The first-order valence-electron chi connectivity index (χ1n) is 5.31. The summed E-state index contributed by atoms with van der Waals surface area (Å²) in [4.78, 5) is 28.7. The molecular weight excluding hydrogens is 234 g/mol. The van der Waals surface area contributed by atoms with Crippen LogP contribution in [0.2, 0.25) is 0 Å². The summed E-state index contributed by atoms with van der Waals surface area (Å²) in [6.45, 7) is 3.78. The maximum Gasteiger partial charge on any atom is 0.270 e. The summed E-state index contributed by atoms with van der Waals surface area (Å²) in [7, 11) is 0. The molecule has 0 spiro atoms. The van der Waals surface area contributed by atoms with Crippen molar-refractivity contribution in [2.24, 2.45) is 0 Å². The van der Waals surface area contributed by atoms with Crippen LogP contribution < -0.4 is 5.56 Å². The van der Waals surface area contributed by atoms with Crippen molar-refractivity contribution in [3.63, 3.8) is 0 Å². The van der Waals surface area contributed by atoms with Gasteiger partial charge in [0.05, 0.1) is 15.8 Å². The van der Waals surface area contributed by atoms with Gasteiger partial charge in [-0.25, -0.2) is 4.98 Å². The lowest BCUT2D eigenvalue weighted by atomic mass is 10.2. The van der Waals surface area contributed by atoms with Crippen molar-refractivity contribution in [1.82, 2.24) is 9.97 Å². The molecule has 2 rings (SSSR count). The Kier molecular flexibility index (Phi) is 2.93. The third-order valence-electron chi connectivity index (χ3n) is 2.34. The third-order valence-corrected chi connectivity index (χ3v) is 2.34. The zero-order valence-electron chi connectivity index (χ0n) is 9.93. The minimum absolute atomic E-state index is 0.121. The fraction of sp³-hybridized carbons (Fsp3) is 0.167. The Balaban J connectivity index is 2.70. The van der Waals surface area contributed by atoms with E-state index in [2.05, 4.69) is 9.97 Å². The molecule has 0 aliphatic heterocycles. The Hall–Kier alpha value is -2.50. The Labute approximate surface area is 102 Å². The van der Waals surface area contributed by atoms with Crippen LogP contribution in [0.1, 0.15) is 19.7 Å². The number of rotatable bonds is 2. The average Bonchev–Trinajstić information content (AvgIpc) is 2.27. The fourth-order valence-corrected chi connectivity index (χ4v) is 1.60. The van der Waals surface area contributed by atoms with Crippen molar-refractivity contribution < 1.29 is 4.92 Å². The van der Waals surface area contributed by atoms with E-state index in [4.69, 9.17) is 0 Å². The van der Waals surface area contributed by atoms with Crippen molar-refractivity contribution in [2.45, 2.75) is 13.8 Å². The number of nitro benzene ring substituents is 1. The van der Waals surface area contributed by atoms with Crippen LogP contribution in [0, 0.1) is 10.1 Å². The Bertz CT molecular complexity index is 712. The summed E-state index contributed by atoms with van der Waals surface area (Å²) in [5, 5.41) is 10.8. The average molecular weight is 245 g/mol. The summed E-state index contributed by atoms with van der Waals surface area (Å²) in [5.41, 5.74) is 0.942. The number of nitrogens with one attached hydrogen (secondary N) is 1. The second-order valence-corrected chi connectivity index (χ2v) is 4.13. The van der Waals surface area contributed by atoms with Gasteiger partial charge in [-0.15, -0.1) is 0 Å². The minimum atomic E-state index is -0.539. The molecule has 1 heterocycles. The molecule has 0 radical (unpaired) electrons. The van der Waals surface area contributed by atoms with Crippen LogP contribution in [-0.2, 0) is 0 Å². The molecule has 6 heteroatoms. The van der Waals surface area contributed by atoms with E-state index in [1.165, 1.54) is 18.2 Å². The standard InChI is InChI=1S/C12H11N3O3/c1-7(2)5-11-13-10-4-3-8(15(17)18)6-9(10)12(16)14-11/h3-6H,1-2H3,(H,13,14,16). The van der Waals surface area contributed by atoms with Crippen LogP contribution in [0.4, 0.5) is 5.69 Å². The van der Waals surface area contributed by atoms with Gasteiger partial charge in [0.1, 0.15) is 5.82 Å². The van der Waals surface area contributed by atoms with E-state index in [0.717, 1.165) is 5.57 Å². The molecule has 18 heavy (non-hydrogen) atoms. The van der Waals surface area contributed by atoms with Gasteiger partial charge in [-0.3, -0.25) is 14.9 Å². The van der Waals surface area contributed by atoms with Gasteiger partial charge < -0.3 is 4.98 Å². The summed E-state index contributed by atoms with van der Waals surface area (Å²) in [6.07, 6.45) is 1.74. The Morgan fingerprint density at radius 1 is 1.44 bits per heavy atom. The quantitative estimate of drug-likeness (QED) is 0.649. The van der Waals surface area contributed by atoms with E-state index in [0.29, 0.717) is 11.3 Å². The smallest absolute Gasteiger partial charge is 0.270 e. The zero-order chi connectivity index (χ0) is 13.3. The molecule has 1 aromatic heterocycles. The summed E-state index contributed by atoms with van der Waals surface area (Å²) in [5.74, 6) is 0.446. The number of aromatic nitrogens is 2. The van der Waals surface area contributed by atoms with E-state index in [-0.39, 0.29) is 16.6 Å². The van der Waals surface area contributed by atoms with Gasteiger partial charge in [0, 0.05) is 12.1 Å². The van der Waals surface area contributed by atoms with Crippen molar-refractivity contribution in [3.8, 4) is 0 Å². The number of nitrogens with zero attached hydrogens (tertiary/aromatic N) is 2. The molecule has 0 saturated heterocycles. The maximum absolute atomic E-state index is 11.8. The van der Waals surface area contributed by atoms with Crippen LogP contribution >= 0.6 is 0 Å². The van der Waals surface area contributed by atoms with Crippen LogP contribution in [0.15, 0.2) is 28.6 Å². The highest BCUT2D eigenvalue weighted by atomic mass is 16.6. The van der Waals surface area contributed by atoms with Gasteiger partial charge in [0.25, 0.3) is 11.2 Å². The molecule has 1 N–H and O–H groups in total. The molecule has 0 aliphatic rings. The first kappa shape index (κ1) is 12.0. The lowest BCUT2D eigenvalue weighted by molar-refractivity contribution is -0.384. The SMILES string of the molecule is CC(C)=Cc1nc2ccc([N+](=O)[O-])cc2c(=O)[nH]1. The van der Waals surface area contributed by atoms with Crippen molar-refractivity contribution in [2.75, 3.05) is 0 Å². The summed E-state index contributed by atoms with van der Waals surface area (Å²) in [6, 6.07) is 4.04. The molecule has 6 nitrogen and oxygen atoms in total. The molecule has 0 aliphatic carbocycles. The minimum Gasteiger partial charge on any atom is -0.306 e. The highest BCUT2D eigenvalue weighted by molar-refractivity contribution is 5.80. The van der Waals surface area contributed by atoms with Gasteiger partial charge in [0.15, 0.2) is 0 Å². The highest BCUT2D eigenvalue weighted by Crippen LogP contribution is 2.16. The number of non-ortho nitro benzene ring substituents is 1. The zero-order valence-corrected chi connectivity index (χ0v) is 9.93. The first-order valence-corrected chi connectivity index (χ1v) is 5.31. The molecule has 0 amide bonds. The van der Waals surface area contributed by atoms with Gasteiger partial charge in [-0.1, -0.05) is 5.57 Å². The largest absolute Gasteiger partial charge is 0.306 e. The molecule has 1 aromatic carbocycles. The predicted molar refractivity (Wildman–Crippen MR) is 68.3 cm³/mol. The molecule has 0 unspecified atom stereocenters. The number of hydrogen-bond donors (Lipinski definition) is 1. The Morgan fingerprint density at radius 2 is 2.17 bits per heavy atom. The van der Waals surface area contributed by atoms with Crippen LogP contribution in [0.25, 0.3) is 17.0 Å².